The molecule has 3 aromatic carbocycles. The summed E-state index contributed by atoms with van der Waals surface area (Å²) in [5, 5.41) is 20.0. The molecule has 2 fully saturated rings. The van der Waals surface area contributed by atoms with Crippen molar-refractivity contribution in [1.29, 1.82) is 0 Å². The van der Waals surface area contributed by atoms with E-state index in [0.717, 1.165) is 66.7 Å². The fourth-order valence-corrected chi connectivity index (χ4v) is 11.8. The number of nitrogens with zero attached hydrogens (tertiary/aromatic N) is 2. The van der Waals surface area contributed by atoms with Crippen molar-refractivity contribution in [3.8, 4) is 5.75 Å². The van der Waals surface area contributed by atoms with Gasteiger partial charge in [-0.25, -0.2) is 4.79 Å². The number of hydrogen-bond acceptors (Lipinski definition) is 6. The monoisotopic (exact) mass is 671 g/mol. The Morgan fingerprint density at radius 3 is 2.10 bits per heavy atom. The number of hydrogen-bond donors (Lipinski definition) is 2. The van der Waals surface area contributed by atoms with E-state index in [-0.39, 0.29) is 5.04 Å². The lowest BCUT2D eigenvalue weighted by atomic mass is 9.91. The molecule has 258 valence electrons. The van der Waals surface area contributed by atoms with E-state index in [4.69, 9.17) is 13.7 Å². The second-order valence-corrected chi connectivity index (χ2v) is 18.8. The van der Waals surface area contributed by atoms with Gasteiger partial charge in [0.25, 0.3) is 8.32 Å². The van der Waals surface area contributed by atoms with Crippen LogP contribution in [-0.2, 0) is 10.8 Å². The Morgan fingerprint density at radius 1 is 0.958 bits per heavy atom. The number of carboxylic acid groups (broad SMARTS) is 1. The summed E-state index contributed by atoms with van der Waals surface area (Å²) in [6, 6.07) is 25.8. The van der Waals surface area contributed by atoms with Gasteiger partial charge in [0.2, 0.25) is 0 Å². The third-order valence-electron chi connectivity index (χ3n) is 10.0. The summed E-state index contributed by atoms with van der Waals surface area (Å²) in [5.74, 6) is 2.32. The highest BCUT2D eigenvalue weighted by Gasteiger charge is 2.51. The number of ether oxygens (including phenoxy) is 1. The van der Waals surface area contributed by atoms with Crippen LogP contribution in [0.3, 0.4) is 0 Å². The van der Waals surface area contributed by atoms with Gasteiger partial charge in [-0.2, -0.15) is 0 Å². The number of likely N-dealkylation sites (tertiary alicyclic amines) is 1. The minimum atomic E-state index is -2.54. The summed E-state index contributed by atoms with van der Waals surface area (Å²) < 4.78 is 19.4. The highest BCUT2D eigenvalue weighted by Crippen LogP contribution is 2.43. The first-order chi connectivity index (χ1) is 23.1. The fraction of sp³-hybridized carbons (Fsp3) is 0.487. The number of piperidine rings is 1. The molecule has 1 aliphatic carbocycles. The molecule has 1 amide bonds. The second-order valence-electron chi connectivity index (χ2n) is 14.5. The molecule has 1 saturated carbocycles. The van der Waals surface area contributed by atoms with Crippen molar-refractivity contribution in [1.82, 2.24) is 15.4 Å². The molecule has 1 aliphatic heterocycles. The number of rotatable bonds is 11. The summed E-state index contributed by atoms with van der Waals surface area (Å²) >= 11 is 0. The first kappa shape index (κ1) is 35.6. The maximum atomic E-state index is 11.2. The molecule has 9 heteroatoms. The highest BCUT2D eigenvalue weighted by molar-refractivity contribution is 6.99. The number of aryl methyl sites for hydroxylation is 2. The van der Waals surface area contributed by atoms with Gasteiger partial charge in [-0.3, -0.25) is 0 Å². The fourth-order valence-electron chi connectivity index (χ4n) is 7.17. The summed E-state index contributed by atoms with van der Waals surface area (Å²) in [6.45, 7) is 11.7. The van der Waals surface area contributed by atoms with Crippen molar-refractivity contribution >= 4 is 35.8 Å². The maximum Gasteiger partial charge on any atom is 0.407 e. The molecule has 1 saturated heterocycles. The standard InChI is InChI=1S/C37H46N2O5Si.C2H7N/c1-26-34(18-16-32-33(38-44-35(26)32)17-15-27-19-21-39(22-20-27)36(40)41)42-24-28-23-29(28)25-43-45(37(2,3)4,30-11-7-5-8-12-30)31-13-9-6-10-14-31;1-3-2/h5-14,16,18,27-29H,15,17,19-25H2,1-4H3,(H,40,41);3H,1-2H3. The van der Waals surface area contributed by atoms with Gasteiger partial charge >= 0.3 is 6.09 Å². The lowest BCUT2D eigenvalue weighted by Crippen LogP contribution is -2.66. The van der Waals surface area contributed by atoms with Crippen LogP contribution in [0.5, 0.6) is 5.75 Å². The number of carbonyl (C=O) groups is 1. The Kier molecular flexibility index (Phi) is 11.7. The van der Waals surface area contributed by atoms with Crippen molar-refractivity contribution in [2.45, 2.75) is 64.8 Å². The van der Waals surface area contributed by atoms with E-state index in [2.05, 4.69) is 104 Å². The van der Waals surface area contributed by atoms with Crippen molar-refractivity contribution in [3.63, 3.8) is 0 Å². The number of benzene rings is 3. The van der Waals surface area contributed by atoms with Gasteiger partial charge in [0.1, 0.15) is 5.75 Å². The second kappa shape index (κ2) is 15.7. The summed E-state index contributed by atoms with van der Waals surface area (Å²) in [6.07, 6.45) is 3.93. The van der Waals surface area contributed by atoms with Crippen LogP contribution in [-0.4, -0.2) is 70.0 Å². The van der Waals surface area contributed by atoms with Crippen LogP contribution in [0.25, 0.3) is 11.0 Å². The molecule has 2 N–H and O–H groups in total. The number of nitrogens with one attached hydrogen (secondary N) is 1. The Bertz CT molecular complexity index is 1570. The minimum absolute atomic E-state index is 0.0308. The predicted molar refractivity (Wildman–Crippen MR) is 195 cm³/mol. The molecule has 48 heavy (non-hydrogen) atoms. The molecule has 8 nitrogen and oxygen atoms in total. The molecule has 2 atom stereocenters. The van der Waals surface area contributed by atoms with Crippen LogP contribution in [0, 0.1) is 24.7 Å². The van der Waals surface area contributed by atoms with Crippen LogP contribution in [0.1, 0.15) is 57.7 Å². The molecule has 2 aliphatic rings. The zero-order valence-corrected chi connectivity index (χ0v) is 30.5. The third kappa shape index (κ3) is 7.96. The van der Waals surface area contributed by atoms with E-state index in [9.17, 15) is 9.90 Å². The lowest BCUT2D eigenvalue weighted by molar-refractivity contribution is 0.123. The normalized spacial score (nSPS) is 18.3. The molecule has 1 aromatic heterocycles. The van der Waals surface area contributed by atoms with Crippen LogP contribution in [0.2, 0.25) is 5.04 Å². The molecule has 0 spiro atoms. The predicted octanol–water partition coefficient (Wildman–Crippen LogP) is 6.89. The lowest BCUT2D eigenvalue weighted by Gasteiger charge is -2.43. The van der Waals surface area contributed by atoms with Gasteiger partial charge in [-0.05, 0) is 98.4 Å². The van der Waals surface area contributed by atoms with E-state index in [0.29, 0.717) is 37.5 Å². The van der Waals surface area contributed by atoms with Crippen LogP contribution in [0.15, 0.2) is 77.3 Å². The van der Waals surface area contributed by atoms with Crippen molar-refractivity contribution < 1.29 is 23.6 Å². The van der Waals surface area contributed by atoms with E-state index in [1.54, 1.807) is 0 Å². The zero-order valence-electron chi connectivity index (χ0n) is 29.5. The molecule has 2 heterocycles. The number of aromatic nitrogens is 1. The Labute approximate surface area is 286 Å². The molecule has 0 radical (unpaired) electrons. The topological polar surface area (TPSA) is 97.1 Å². The van der Waals surface area contributed by atoms with Crippen molar-refractivity contribution in [2.24, 2.45) is 17.8 Å². The molecular formula is C39H53N3O5Si. The average Bonchev–Trinajstić information content (AvgIpc) is 3.70. The van der Waals surface area contributed by atoms with Crippen LogP contribution in [0.4, 0.5) is 4.79 Å². The first-order valence-electron chi connectivity index (χ1n) is 17.4. The van der Waals surface area contributed by atoms with Crippen LogP contribution < -0.4 is 20.4 Å². The van der Waals surface area contributed by atoms with E-state index < -0.39 is 14.4 Å². The Balaban J connectivity index is 0.00000145. The van der Waals surface area contributed by atoms with Gasteiger partial charge < -0.3 is 29.0 Å². The smallest absolute Gasteiger partial charge is 0.407 e. The molecule has 0 bridgehead atoms. The van der Waals surface area contributed by atoms with E-state index in [1.807, 2.05) is 21.0 Å². The Hall–Kier alpha value is -3.66. The van der Waals surface area contributed by atoms with Crippen molar-refractivity contribution in [3.05, 3.63) is 84.1 Å². The quantitative estimate of drug-likeness (QED) is 0.168. The van der Waals surface area contributed by atoms with Gasteiger partial charge in [-0.15, -0.1) is 0 Å². The van der Waals surface area contributed by atoms with E-state index >= 15 is 0 Å². The first-order valence-corrected chi connectivity index (χ1v) is 19.3. The zero-order chi connectivity index (χ0) is 34.3. The van der Waals surface area contributed by atoms with Crippen molar-refractivity contribution in [2.75, 3.05) is 40.4 Å². The average molecular weight is 672 g/mol. The highest BCUT2D eigenvalue weighted by atomic mass is 28.4. The SMILES string of the molecule is CNC.Cc1c(OCC2CC2CO[Si](c2ccccc2)(c2ccccc2)C(C)(C)C)ccc2c(CCC3CCN(C(=O)O)CC3)noc12. The molecule has 4 aromatic rings. The number of fused-ring (bicyclic) bond motifs is 1. The van der Waals surface area contributed by atoms with Gasteiger partial charge in [0.15, 0.2) is 5.58 Å². The summed E-state index contributed by atoms with van der Waals surface area (Å²) in [5.41, 5.74) is 2.76. The van der Waals surface area contributed by atoms with Gasteiger partial charge in [0.05, 0.1) is 12.3 Å². The minimum Gasteiger partial charge on any atom is -0.493 e. The van der Waals surface area contributed by atoms with E-state index in [1.165, 1.54) is 15.3 Å². The van der Waals surface area contributed by atoms with Gasteiger partial charge in [0, 0.05) is 30.6 Å². The third-order valence-corrected chi connectivity index (χ3v) is 15.0. The molecular weight excluding hydrogens is 619 g/mol. The van der Waals surface area contributed by atoms with Crippen LogP contribution >= 0.6 is 0 Å². The Morgan fingerprint density at radius 2 is 1.54 bits per heavy atom. The maximum absolute atomic E-state index is 11.2. The van der Waals surface area contributed by atoms with Gasteiger partial charge in [-0.1, -0.05) is 86.6 Å². The number of amides is 1. The summed E-state index contributed by atoms with van der Waals surface area (Å²) in [4.78, 5) is 12.7. The molecule has 2 unspecified atom stereocenters. The largest absolute Gasteiger partial charge is 0.493 e. The molecule has 6 rings (SSSR count). The summed E-state index contributed by atoms with van der Waals surface area (Å²) in [7, 11) is 1.21.